The second kappa shape index (κ2) is 10.2. The van der Waals surface area contributed by atoms with Crippen LogP contribution in [-0.4, -0.2) is 43.7 Å². The highest BCUT2D eigenvalue weighted by molar-refractivity contribution is 6.42. The van der Waals surface area contributed by atoms with Gasteiger partial charge in [0.2, 0.25) is 0 Å². The van der Waals surface area contributed by atoms with Crippen LogP contribution in [0.25, 0.3) is 0 Å². The van der Waals surface area contributed by atoms with E-state index in [4.69, 9.17) is 27.9 Å². The van der Waals surface area contributed by atoms with Gasteiger partial charge in [-0.3, -0.25) is 0 Å². The summed E-state index contributed by atoms with van der Waals surface area (Å²) >= 11 is 12.0. The molecule has 0 aliphatic carbocycles. The molecule has 0 spiro atoms. The maximum Gasteiger partial charge on any atom is 0.0721 e. The highest BCUT2D eigenvalue weighted by Gasteiger charge is 2.23. The van der Waals surface area contributed by atoms with E-state index in [1.54, 1.807) is 0 Å². The van der Waals surface area contributed by atoms with Crippen molar-refractivity contribution in [2.75, 3.05) is 32.7 Å². The minimum Gasteiger partial charge on any atom is -0.373 e. The normalized spacial score (nSPS) is 20.8. The Bertz CT molecular complexity index is 501. The maximum atomic E-state index is 6.06. The molecule has 0 bridgehead atoms. The van der Waals surface area contributed by atoms with Crippen molar-refractivity contribution in [1.29, 1.82) is 0 Å². The molecule has 0 radical (unpaired) electrons. The van der Waals surface area contributed by atoms with Gasteiger partial charge in [-0.1, -0.05) is 29.3 Å². The van der Waals surface area contributed by atoms with Crippen LogP contribution >= 0.6 is 35.6 Å². The lowest BCUT2D eigenvalue weighted by Gasteiger charge is -2.35. The first kappa shape index (κ1) is 20.3. The van der Waals surface area contributed by atoms with Gasteiger partial charge in [0.15, 0.2) is 0 Å². The number of halogens is 3. The molecule has 0 amide bonds. The summed E-state index contributed by atoms with van der Waals surface area (Å²) < 4.78 is 6.06. The smallest absolute Gasteiger partial charge is 0.0721 e. The average Bonchev–Trinajstić information content (AvgIpc) is 2.58. The van der Waals surface area contributed by atoms with Crippen LogP contribution in [0.4, 0.5) is 0 Å². The largest absolute Gasteiger partial charge is 0.373 e. The Hall–Kier alpha value is -0.0300. The molecule has 0 unspecified atom stereocenters. The van der Waals surface area contributed by atoms with E-state index >= 15 is 0 Å². The van der Waals surface area contributed by atoms with E-state index in [1.807, 2.05) is 18.2 Å². The molecular weight excluding hydrogens is 367 g/mol. The van der Waals surface area contributed by atoms with Gasteiger partial charge in [-0.05, 0) is 62.4 Å². The van der Waals surface area contributed by atoms with Gasteiger partial charge in [0, 0.05) is 19.6 Å². The van der Waals surface area contributed by atoms with Crippen molar-refractivity contribution < 1.29 is 4.74 Å². The summed E-state index contributed by atoms with van der Waals surface area (Å²) in [5, 5.41) is 4.64. The monoisotopic (exact) mass is 392 g/mol. The second-order valence-corrected chi connectivity index (χ2v) is 7.57. The van der Waals surface area contributed by atoms with Crippen LogP contribution in [0.5, 0.6) is 0 Å². The molecule has 0 aromatic heterocycles. The standard InChI is InChI=1S/C18H26Cl2N2O.ClH/c19-17-2-1-15(11-18(17)20)13-23-16-5-9-22(10-6-16)12-14-3-7-21-8-4-14;/h1-2,11,14,16,21H,3-10,12-13H2;1H. The molecule has 2 heterocycles. The third kappa shape index (κ3) is 6.05. The summed E-state index contributed by atoms with van der Waals surface area (Å²) in [7, 11) is 0. The van der Waals surface area contributed by atoms with Gasteiger partial charge in [0.25, 0.3) is 0 Å². The van der Waals surface area contributed by atoms with E-state index in [1.165, 1.54) is 32.5 Å². The molecule has 3 rings (SSSR count). The molecule has 6 heteroatoms. The van der Waals surface area contributed by atoms with Gasteiger partial charge in [0.05, 0.1) is 22.8 Å². The van der Waals surface area contributed by atoms with Crippen molar-refractivity contribution in [2.45, 2.75) is 38.4 Å². The first-order valence-electron chi connectivity index (χ1n) is 8.69. The molecule has 2 saturated heterocycles. The summed E-state index contributed by atoms with van der Waals surface area (Å²) in [6.07, 6.45) is 5.29. The van der Waals surface area contributed by atoms with Crippen molar-refractivity contribution in [3.05, 3.63) is 33.8 Å². The van der Waals surface area contributed by atoms with E-state index in [9.17, 15) is 0 Å². The number of nitrogens with zero attached hydrogens (tertiary/aromatic N) is 1. The zero-order chi connectivity index (χ0) is 16.1. The van der Waals surface area contributed by atoms with Crippen molar-refractivity contribution >= 4 is 35.6 Å². The van der Waals surface area contributed by atoms with Crippen LogP contribution in [0, 0.1) is 5.92 Å². The quantitative estimate of drug-likeness (QED) is 0.802. The number of hydrogen-bond acceptors (Lipinski definition) is 3. The SMILES string of the molecule is Cl.Clc1ccc(COC2CCN(CC3CCNCC3)CC2)cc1Cl. The molecule has 2 fully saturated rings. The lowest BCUT2D eigenvalue weighted by Crippen LogP contribution is -2.41. The Morgan fingerprint density at radius 2 is 1.75 bits per heavy atom. The molecule has 2 aliphatic heterocycles. The number of rotatable bonds is 5. The fraction of sp³-hybridized carbons (Fsp3) is 0.667. The minimum absolute atomic E-state index is 0. The molecular formula is C18H27Cl3N2O. The number of hydrogen-bond donors (Lipinski definition) is 1. The number of likely N-dealkylation sites (tertiary alicyclic amines) is 1. The summed E-state index contributed by atoms with van der Waals surface area (Å²) in [5.41, 5.74) is 1.09. The highest BCUT2D eigenvalue weighted by atomic mass is 35.5. The summed E-state index contributed by atoms with van der Waals surface area (Å²) in [5.74, 6) is 0.880. The topological polar surface area (TPSA) is 24.5 Å². The van der Waals surface area contributed by atoms with Gasteiger partial charge >= 0.3 is 0 Å². The molecule has 24 heavy (non-hydrogen) atoms. The fourth-order valence-electron chi connectivity index (χ4n) is 3.53. The van der Waals surface area contributed by atoms with Gasteiger partial charge in [-0.2, -0.15) is 0 Å². The van der Waals surface area contributed by atoms with Crippen LogP contribution < -0.4 is 5.32 Å². The Morgan fingerprint density at radius 3 is 2.42 bits per heavy atom. The zero-order valence-corrected chi connectivity index (χ0v) is 16.3. The van der Waals surface area contributed by atoms with E-state index in [0.717, 1.165) is 37.4 Å². The number of ether oxygens (including phenoxy) is 1. The van der Waals surface area contributed by atoms with Crippen molar-refractivity contribution in [2.24, 2.45) is 5.92 Å². The average molecular weight is 394 g/mol. The van der Waals surface area contributed by atoms with E-state index in [0.29, 0.717) is 22.8 Å². The molecule has 0 saturated carbocycles. The van der Waals surface area contributed by atoms with Crippen LogP contribution in [0.15, 0.2) is 18.2 Å². The zero-order valence-electron chi connectivity index (χ0n) is 14.0. The Kier molecular flexibility index (Phi) is 8.62. The highest BCUT2D eigenvalue weighted by Crippen LogP contribution is 2.24. The first-order chi connectivity index (χ1) is 11.2. The fourth-order valence-corrected chi connectivity index (χ4v) is 3.85. The maximum absolute atomic E-state index is 6.06. The molecule has 3 nitrogen and oxygen atoms in total. The van der Waals surface area contributed by atoms with Gasteiger partial charge in [-0.15, -0.1) is 12.4 Å². The minimum atomic E-state index is 0. The van der Waals surface area contributed by atoms with Crippen molar-refractivity contribution in [3.8, 4) is 0 Å². The Balaban J connectivity index is 0.00000208. The van der Waals surface area contributed by atoms with Crippen molar-refractivity contribution in [3.63, 3.8) is 0 Å². The molecule has 1 aromatic rings. The lowest BCUT2D eigenvalue weighted by molar-refractivity contribution is -0.00579. The van der Waals surface area contributed by atoms with Crippen LogP contribution in [0.1, 0.15) is 31.2 Å². The number of nitrogens with one attached hydrogen (secondary N) is 1. The van der Waals surface area contributed by atoms with Gasteiger partial charge < -0.3 is 15.0 Å². The second-order valence-electron chi connectivity index (χ2n) is 6.75. The molecule has 136 valence electrons. The Labute approximate surface area is 161 Å². The van der Waals surface area contributed by atoms with Gasteiger partial charge in [-0.25, -0.2) is 0 Å². The van der Waals surface area contributed by atoms with E-state index < -0.39 is 0 Å². The predicted octanol–water partition coefficient (Wildman–Crippen LogP) is 4.40. The number of benzene rings is 1. The molecule has 0 atom stereocenters. The van der Waals surface area contributed by atoms with E-state index in [2.05, 4.69) is 10.2 Å². The third-order valence-corrected chi connectivity index (χ3v) is 5.72. The predicted molar refractivity (Wildman–Crippen MR) is 104 cm³/mol. The summed E-state index contributed by atoms with van der Waals surface area (Å²) in [6.45, 7) is 6.59. The lowest BCUT2D eigenvalue weighted by atomic mass is 9.96. The molecule has 1 aromatic carbocycles. The molecule has 2 aliphatic rings. The first-order valence-corrected chi connectivity index (χ1v) is 9.45. The van der Waals surface area contributed by atoms with Crippen LogP contribution in [-0.2, 0) is 11.3 Å². The third-order valence-electron chi connectivity index (χ3n) is 4.98. The van der Waals surface area contributed by atoms with Gasteiger partial charge in [0.1, 0.15) is 0 Å². The summed E-state index contributed by atoms with van der Waals surface area (Å²) in [6, 6.07) is 5.72. The number of piperidine rings is 2. The summed E-state index contributed by atoms with van der Waals surface area (Å²) in [4.78, 5) is 2.62. The molecule has 1 N–H and O–H groups in total. The Morgan fingerprint density at radius 1 is 1.04 bits per heavy atom. The van der Waals surface area contributed by atoms with Crippen LogP contribution in [0.2, 0.25) is 10.0 Å². The van der Waals surface area contributed by atoms with E-state index in [-0.39, 0.29) is 12.4 Å². The van der Waals surface area contributed by atoms with Crippen LogP contribution in [0.3, 0.4) is 0 Å². The van der Waals surface area contributed by atoms with Crippen molar-refractivity contribution in [1.82, 2.24) is 10.2 Å².